The number of carbonyl (C=O) groups excluding carboxylic acids is 1. The third-order valence-corrected chi connectivity index (χ3v) is 6.89. The molecule has 4 rings (SSSR count). The van der Waals surface area contributed by atoms with Gasteiger partial charge in [0.25, 0.3) is 0 Å². The first-order chi connectivity index (χ1) is 16.7. The van der Waals surface area contributed by atoms with Crippen LogP contribution in [0, 0.1) is 0 Å². The fourth-order valence-electron chi connectivity index (χ4n) is 3.64. The molecule has 1 aromatic heterocycles. The van der Waals surface area contributed by atoms with Crippen molar-refractivity contribution in [3.05, 3.63) is 88.9 Å². The highest BCUT2D eigenvalue weighted by Gasteiger charge is 2.19. The van der Waals surface area contributed by atoms with Crippen LogP contribution in [0.2, 0.25) is 5.02 Å². The van der Waals surface area contributed by atoms with Crippen LogP contribution in [0.5, 0.6) is 0 Å². The number of carbonyl (C=O) groups is 1. The lowest BCUT2D eigenvalue weighted by molar-refractivity contribution is -0.113. The number of aromatic nitrogens is 3. The Morgan fingerprint density at radius 3 is 2.20 bits per heavy atom. The number of nitrogens with zero attached hydrogens (tertiary/aromatic N) is 3. The van der Waals surface area contributed by atoms with Crippen LogP contribution in [0.25, 0.3) is 17.1 Å². The number of aryl methyl sites for hydroxylation is 1. The lowest BCUT2D eigenvalue weighted by Gasteiger charge is -2.19. The van der Waals surface area contributed by atoms with E-state index in [0.29, 0.717) is 16.0 Å². The van der Waals surface area contributed by atoms with E-state index < -0.39 is 0 Å². The first-order valence-corrected chi connectivity index (χ1v) is 12.9. The third-order valence-electron chi connectivity index (χ3n) is 5.71. The second-order valence-electron chi connectivity index (χ2n) is 9.33. The maximum Gasteiger partial charge on any atom is 0.234 e. The monoisotopic (exact) mass is 504 g/mol. The molecule has 0 unspecified atom stereocenters. The molecule has 0 radical (unpaired) electrons. The summed E-state index contributed by atoms with van der Waals surface area (Å²) >= 11 is 7.48. The van der Waals surface area contributed by atoms with Gasteiger partial charge in [-0.15, -0.1) is 10.2 Å². The van der Waals surface area contributed by atoms with Crippen molar-refractivity contribution < 1.29 is 4.79 Å². The summed E-state index contributed by atoms with van der Waals surface area (Å²) in [5.74, 6) is 0.830. The molecule has 0 fully saturated rings. The Balaban J connectivity index is 1.58. The zero-order chi connectivity index (χ0) is 25.0. The SMILES string of the molecule is CCc1ccc(NC(=O)CSc2nnc(-c3ccc(C(C)(C)C)cc3)n2-c2ccc(Cl)cc2)cc1. The van der Waals surface area contributed by atoms with Crippen LogP contribution in [-0.4, -0.2) is 26.4 Å². The van der Waals surface area contributed by atoms with E-state index in [1.165, 1.54) is 22.9 Å². The Bertz CT molecular complexity index is 1290. The average molecular weight is 505 g/mol. The molecular formula is C28H29ClN4OS. The third kappa shape index (κ3) is 6.13. The van der Waals surface area contributed by atoms with Gasteiger partial charge in [-0.05, 0) is 59.4 Å². The van der Waals surface area contributed by atoms with Gasteiger partial charge >= 0.3 is 0 Å². The van der Waals surface area contributed by atoms with E-state index in [9.17, 15) is 4.79 Å². The molecule has 3 aromatic carbocycles. The number of halogens is 1. The van der Waals surface area contributed by atoms with Crippen molar-refractivity contribution in [1.29, 1.82) is 0 Å². The van der Waals surface area contributed by atoms with Crippen LogP contribution < -0.4 is 5.32 Å². The fraction of sp³-hybridized carbons (Fsp3) is 0.250. The molecule has 0 saturated heterocycles. The molecule has 0 spiro atoms. The minimum absolute atomic E-state index is 0.0631. The van der Waals surface area contributed by atoms with Gasteiger partial charge in [-0.2, -0.15) is 0 Å². The van der Waals surface area contributed by atoms with E-state index in [4.69, 9.17) is 11.6 Å². The van der Waals surface area contributed by atoms with Crippen LogP contribution in [0.15, 0.2) is 78.0 Å². The molecule has 1 N–H and O–H groups in total. The molecule has 180 valence electrons. The van der Waals surface area contributed by atoms with Gasteiger partial charge in [0.1, 0.15) is 0 Å². The summed E-state index contributed by atoms with van der Waals surface area (Å²) in [4.78, 5) is 12.6. The fourth-order valence-corrected chi connectivity index (χ4v) is 4.52. The maximum absolute atomic E-state index is 12.6. The Morgan fingerprint density at radius 2 is 1.60 bits per heavy atom. The van der Waals surface area contributed by atoms with Gasteiger partial charge in [-0.1, -0.05) is 87.5 Å². The topological polar surface area (TPSA) is 59.8 Å². The molecule has 0 aliphatic carbocycles. The van der Waals surface area contributed by atoms with Gasteiger partial charge in [0.15, 0.2) is 11.0 Å². The van der Waals surface area contributed by atoms with Gasteiger partial charge in [-0.3, -0.25) is 9.36 Å². The van der Waals surface area contributed by atoms with Crippen LogP contribution in [-0.2, 0) is 16.6 Å². The minimum atomic E-state index is -0.0963. The zero-order valence-corrected chi connectivity index (χ0v) is 22.0. The summed E-state index contributed by atoms with van der Waals surface area (Å²) in [7, 11) is 0. The minimum Gasteiger partial charge on any atom is -0.325 e. The van der Waals surface area contributed by atoms with Crippen molar-refractivity contribution in [3.63, 3.8) is 0 Å². The van der Waals surface area contributed by atoms with E-state index in [-0.39, 0.29) is 17.1 Å². The second kappa shape index (κ2) is 10.7. The number of thioether (sulfide) groups is 1. The molecular weight excluding hydrogens is 476 g/mol. The predicted molar refractivity (Wildman–Crippen MR) is 146 cm³/mol. The normalized spacial score (nSPS) is 11.5. The zero-order valence-electron chi connectivity index (χ0n) is 20.4. The van der Waals surface area contributed by atoms with Crippen LogP contribution in [0.4, 0.5) is 5.69 Å². The van der Waals surface area contributed by atoms with Gasteiger partial charge in [0.05, 0.1) is 5.75 Å². The highest BCUT2D eigenvalue weighted by molar-refractivity contribution is 7.99. The van der Waals surface area contributed by atoms with Gasteiger partial charge in [0, 0.05) is 22.0 Å². The molecule has 35 heavy (non-hydrogen) atoms. The van der Waals surface area contributed by atoms with Gasteiger partial charge < -0.3 is 5.32 Å². The van der Waals surface area contributed by atoms with E-state index in [1.54, 1.807) is 0 Å². The van der Waals surface area contributed by atoms with E-state index in [0.717, 1.165) is 23.4 Å². The van der Waals surface area contributed by atoms with Crippen molar-refractivity contribution in [3.8, 4) is 17.1 Å². The Labute approximate surface area is 215 Å². The van der Waals surface area contributed by atoms with Gasteiger partial charge in [0.2, 0.25) is 5.91 Å². The van der Waals surface area contributed by atoms with Crippen LogP contribution >= 0.6 is 23.4 Å². The van der Waals surface area contributed by atoms with Crippen LogP contribution in [0.3, 0.4) is 0 Å². The van der Waals surface area contributed by atoms with Crippen molar-refractivity contribution in [2.75, 3.05) is 11.1 Å². The summed E-state index contributed by atoms with van der Waals surface area (Å²) in [5.41, 5.74) is 5.16. The summed E-state index contributed by atoms with van der Waals surface area (Å²) in [5, 5.41) is 13.2. The number of hydrogen-bond acceptors (Lipinski definition) is 4. The molecule has 0 saturated carbocycles. The number of hydrogen-bond donors (Lipinski definition) is 1. The number of benzene rings is 3. The largest absolute Gasteiger partial charge is 0.325 e. The van der Waals surface area contributed by atoms with Crippen molar-refractivity contribution >= 4 is 35.0 Å². The quantitative estimate of drug-likeness (QED) is 0.271. The standard InChI is InChI=1S/C28H29ClN4OS/c1-5-19-6-14-23(15-7-19)30-25(34)18-35-27-32-31-26(33(27)24-16-12-22(29)13-17-24)20-8-10-21(11-9-20)28(2,3)4/h6-17H,5,18H2,1-4H3,(H,30,34). The van der Waals surface area contributed by atoms with E-state index >= 15 is 0 Å². The first-order valence-electron chi connectivity index (χ1n) is 11.6. The average Bonchev–Trinajstić information content (AvgIpc) is 3.27. The molecule has 1 amide bonds. The summed E-state index contributed by atoms with van der Waals surface area (Å²) in [6.45, 7) is 8.68. The Hall–Kier alpha value is -3.09. The van der Waals surface area contributed by atoms with Crippen molar-refractivity contribution in [1.82, 2.24) is 14.8 Å². The summed E-state index contributed by atoms with van der Waals surface area (Å²) in [6, 6.07) is 23.8. The lowest BCUT2D eigenvalue weighted by Crippen LogP contribution is -2.14. The molecule has 5 nitrogen and oxygen atoms in total. The first kappa shape index (κ1) is 25.0. The highest BCUT2D eigenvalue weighted by Crippen LogP contribution is 2.30. The van der Waals surface area contributed by atoms with Crippen molar-refractivity contribution in [2.24, 2.45) is 0 Å². The highest BCUT2D eigenvalue weighted by atomic mass is 35.5. The number of rotatable bonds is 7. The smallest absolute Gasteiger partial charge is 0.234 e. The number of nitrogens with one attached hydrogen (secondary N) is 1. The molecule has 0 aliphatic heterocycles. The number of amides is 1. The molecule has 7 heteroatoms. The number of anilines is 1. The van der Waals surface area contributed by atoms with Crippen LogP contribution in [0.1, 0.15) is 38.8 Å². The Morgan fingerprint density at radius 1 is 0.943 bits per heavy atom. The molecule has 0 aliphatic rings. The summed E-state index contributed by atoms with van der Waals surface area (Å²) < 4.78 is 1.97. The van der Waals surface area contributed by atoms with E-state index in [1.807, 2.05) is 53.1 Å². The predicted octanol–water partition coefficient (Wildman–Crippen LogP) is 7.18. The second-order valence-corrected chi connectivity index (χ2v) is 10.7. The van der Waals surface area contributed by atoms with Crippen molar-refractivity contribution in [2.45, 2.75) is 44.7 Å². The molecule has 0 atom stereocenters. The maximum atomic E-state index is 12.6. The van der Waals surface area contributed by atoms with Gasteiger partial charge in [-0.25, -0.2) is 0 Å². The molecule has 0 bridgehead atoms. The molecule has 4 aromatic rings. The van der Waals surface area contributed by atoms with E-state index in [2.05, 4.69) is 67.5 Å². The Kier molecular flexibility index (Phi) is 7.63. The molecule has 1 heterocycles. The lowest BCUT2D eigenvalue weighted by atomic mass is 9.87. The summed E-state index contributed by atoms with van der Waals surface area (Å²) in [6.07, 6.45) is 0.964.